The molecule has 1 atom stereocenters. The normalized spacial score (nSPS) is 20.1. The highest BCUT2D eigenvalue weighted by molar-refractivity contribution is 8.00. The van der Waals surface area contributed by atoms with Crippen LogP contribution in [0, 0.1) is 18.3 Å². The summed E-state index contributed by atoms with van der Waals surface area (Å²) in [6.07, 6.45) is 3.78. The highest BCUT2D eigenvalue weighted by Gasteiger charge is 2.17. The quantitative estimate of drug-likeness (QED) is 0.765. The summed E-state index contributed by atoms with van der Waals surface area (Å²) < 4.78 is 0. The molecule has 1 aromatic heterocycles. The van der Waals surface area contributed by atoms with Gasteiger partial charge in [-0.3, -0.25) is 0 Å². The van der Waals surface area contributed by atoms with E-state index < -0.39 is 0 Å². The Morgan fingerprint density at radius 2 is 2.47 bits per heavy atom. The maximum atomic E-state index is 8.72. The number of thioether (sulfide) groups is 1. The molecule has 78 valence electrons. The number of rotatable bonds is 2. The van der Waals surface area contributed by atoms with Crippen LogP contribution in [-0.2, 0) is 6.42 Å². The monoisotopic (exact) mass is 218 g/mol. The lowest BCUT2D eigenvalue weighted by atomic mass is 10.1. The van der Waals surface area contributed by atoms with Crippen molar-refractivity contribution in [3.05, 3.63) is 29.1 Å². The fourth-order valence-electron chi connectivity index (χ4n) is 1.92. The van der Waals surface area contributed by atoms with E-state index in [1.165, 1.54) is 24.2 Å². The second-order valence-corrected chi connectivity index (χ2v) is 5.30. The molecule has 1 unspecified atom stereocenters. The molecule has 0 radical (unpaired) electrons. The molecule has 0 bridgehead atoms. The van der Waals surface area contributed by atoms with Crippen LogP contribution in [0.25, 0.3) is 0 Å². The minimum Gasteiger partial charge on any atom is -0.242 e. The predicted octanol–water partition coefficient (Wildman–Crippen LogP) is 2.70. The van der Waals surface area contributed by atoms with Crippen molar-refractivity contribution in [3.8, 4) is 6.07 Å². The van der Waals surface area contributed by atoms with Crippen molar-refractivity contribution in [1.29, 1.82) is 5.26 Å². The summed E-state index contributed by atoms with van der Waals surface area (Å²) in [7, 11) is 0. The van der Waals surface area contributed by atoms with Crippen LogP contribution in [0.5, 0.6) is 0 Å². The molecular weight excluding hydrogens is 204 g/mol. The average molecular weight is 218 g/mol. The van der Waals surface area contributed by atoms with Gasteiger partial charge >= 0.3 is 0 Å². The Morgan fingerprint density at radius 1 is 1.60 bits per heavy atom. The maximum Gasteiger partial charge on any atom is 0.140 e. The first-order chi connectivity index (χ1) is 7.29. The van der Waals surface area contributed by atoms with Gasteiger partial charge in [-0.05, 0) is 43.6 Å². The van der Waals surface area contributed by atoms with E-state index in [4.69, 9.17) is 5.26 Å². The number of nitriles is 1. The van der Waals surface area contributed by atoms with Crippen LogP contribution in [0.3, 0.4) is 0 Å². The largest absolute Gasteiger partial charge is 0.242 e. The van der Waals surface area contributed by atoms with Gasteiger partial charge in [0.2, 0.25) is 0 Å². The van der Waals surface area contributed by atoms with Gasteiger partial charge in [-0.25, -0.2) is 4.98 Å². The molecule has 0 aliphatic carbocycles. The number of pyridine rings is 1. The third-order valence-corrected chi connectivity index (χ3v) is 4.18. The first kappa shape index (κ1) is 10.5. The van der Waals surface area contributed by atoms with Crippen LogP contribution < -0.4 is 0 Å². The molecule has 0 spiro atoms. The summed E-state index contributed by atoms with van der Waals surface area (Å²) >= 11 is 2.06. The minimum absolute atomic E-state index is 0.523. The van der Waals surface area contributed by atoms with E-state index in [9.17, 15) is 0 Å². The molecule has 1 aliphatic heterocycles. The molecule has 3 heteroatoms. The lowest BCUT2D eigenvalue weighted by Crippen LogP contribution is -2.05. The van der Waals surface area contributed by atoms with Gasteiger partial charge in [0.05, 0.1) is 0 Å². The van der Waals surface area contributed by atoms with Crippen LogP contribution >= 0.6 is 11.8 Å². The van der Waals surface area contributed by atoms with Crippen molar-refractivity contribution in [3.63, 3.8) is 0 Å². The number of aryl methyl sites for hydroxylation is 1. The summed E-state index contributed by atoms with van der Waals surface area (Å²) in [6.45, 7) is 2.00. The number of hydrogen-bond donors (Lipinski definition) is 0. The Labute approximate surface area is 94.7 Å². The highest BCUT2D eigenvalue weighted by Crippen LogP contribution is 2.29. The predicted molar refractivity (Wildman–Crippen MR) is 62.9 cm³/mol. The van der Waals surface area contributed by atoms with Gasteiger partial charge < -0.3 is 0 Å². The summed E-state index contributed by atoms with van der Waals surface area (Å²) in [5.41, 5.74) is 2.84. The highest BCUT2D eigenvalue weighted by atomic mass is 32.2. The Kier molecular flexibility index (Phi) is 3.27. The van der Waals surface area contributed by atoms with Crippen LogP contribution in [0.15, 0.2) is 12.1 Å². The van der Waals surface area contributed by atoms with Crippen LogP contribution in [0.2, 0.25) is 0 Å². The first-order valence-electron chi connectivity index (χ1n) is 5.28. The van der Waals surface area contributed by atoms with Crippen molar-refractivity contribution in [1.82, 2.24) is 4.98 Å². The van der Waals surface area contributed by atoms with Crippen molar-refractivity contribution in [2.45, 2.75) is 31.4 Å². The zero-order valence-corrected chi connectivity index (χ0v) is 9.68. The molecule has 2 heterocycles. The third-order valence-electron chi connectivity index (χ3n) is 2.78. The fourth-order valence-corrected chi connectivity index (χ4v) is 3.22. The van der Waals surface area contributed by atoms with E-state index >= 15 is 0 Å². The molecule has 0 N–H and O–H groups in total. The third kappa shape index (κ3) is 2.51. The van der Waals surface area contributed by atoms with Crippen molar-refractivity contribution < 1.29 is 0 Å². The molecule has 1 aromatic rings. The second kappa shape index (κ2) is 4.67. The molecule has 0 amide bonds. The zero-order chi connectivity index (χ0) is 10.7. The topological polar surface area (TPSA) is 36.7 Å². The first-order valence-corrected chi connectivity index (χ1v) is 6.32. The molecule has 0 aromatic carbocycles. The SMILES string of the molecule is Cc1nc(C#N)ccc1CC1CCCS1. The van der Waals surface area contributed by atoms with Gasteiger partial charge in [0.1, 0.15) is 11.8 Å². The van der Waals surface area contributed by atoms with Gasteiger partial charge in [0, 0.05) is 10.9 Å². The van der Waals surface area contributed by atoms with E-state index in [-0.39, 0.29) is 0 Å². The number of hydrogen-bond acceptors (Lipinski definition) is 3. The average Bonchev–Trinajstić information content (AvgIpc) is 2.74. The lowest BCUT2D eigenvalue weighted by molar-refractivity contribution is 0.770. The minimum atomic E-state index is 0.523. The van der Waals surface area contributed by atoms with Gasteiger partial charge in [0.25, 0.3) is 0 Å². The Morgan fingerprint density at radius 3 is 3.07 bits per heavy atom. The second-order valence-electron chi connectivity index (χ2n) is 3.89. The van der Waals surface area contributed by atoms with E-state index in [2.05, 4.69) is 28.9 Å². The van der Waals surface area contributed by atoms with E-state index in [1.54, 1.807) is 0 Å². The van der Waals surface area contributed by atoms with Crippen molar-refractivity contribution in [2.24, 2.45) is 0 Å². The van der Waals surface area contributed by atoms with Gasteiger partial charge in [0.15, 0.2) is 0 Å². The van der Waals surface area contributed by atoms with E-state index in [1.807, 2.05) is 13.0 Å². The van der Waals surface area contributed by atoms with Crippen molar-refractivity contribution in [2.75, 3.05) is 5.75 Å². The van der Waals surface area contributed by atoms with Crippen LogP contribution in [0.4, 0.5) is 0 Å². The van der Waals surface area contributed by atoms with Gasteiger partial charge in [-0.15, -0.1) is 0 Å². The Hall–Kier alpha value is -1.01. The van der Waals surface area contributed by atoms with Crippen molar-refractivity contribution >= 4 is 11.8 Å². The van der Waals surface area contributed by atoms with Crippen LogP contribution in [0.1, 0.15) is 29.8 Å². The summed E-state index contributed by atoms with van der Waals surface area (Å²) in [4.78, 5) is 4.26. The summed E-state index contributed by atoms with van der Waals surface area (Å²) in [5, 5.41) is 9.48. The zero-order valence-electron chi connectivity index (χ0n) is 8.86. The molecular formula is C12H14N2S. The summed E-state index contributed by atoms with van der Waals surface area (Å²) in [5.74, 6) is 1.30. The fraction of sp³-hybridized carbons (Fsp3) is 0.500. The number of aromatic nitrogens is 1. The molecule has 0 saturated carbocycles. The molecule has 15 heavy (non-hydrogen) atoms. The van der Waals surface area contributed by atoms with Gasteiger partial charge in [-0.2, -0.15) is 17.0 Å². The summed E-state index contributed by atoms with van der Waals surface area (Å²) in [6, 6.07) is 5.95. The van der Waals surface area contributed by atoms with E-state index in [0.717, 1.165) is 17.4 Å². The van der Waals surface area contributed by atoms with Crippen LogP contribution in [-0.4, -0.2) is 16.0 Å². The standard InChI is InChI=1S/C12H14N2S/c1-9-10(4-5-11(8-13)14-9)7-12-3-2-6-15-12/h4-5,12H,2-3,6-7H2,1H3. The molecule has 1 saturated heterocycles. The molecule has 2 rings (SSSR count). The molecule has 1 fully saturated rings. The Bertz CT molecular complexity index is 389. The Balaban J connectivity index is 2.11. The molecule has 2 nitrogen and oxygen atoms in total. The number of nitrogens with zero attached hydrogens (tertiary/aromatic N) is 2. The maximum absolute atomic E-state index is 8.72. The molecule has 1 aliphatic rings. The lowest BCUT2D eigenvalue weighted by Gasteiger charge is -2.10. The van der Waals surface area contributed by atoms with Gasteiger partial charge in [-0.1, -0.05) is 6.07 Å². The van der Waals surface area contributed by atoms with E-state index in [0.29, 0.717) is 5.69 Å². The smallest absolute Gasteiger partial charge is 0.140 e.